The van der Waals surface area contributed by atoms with Crippen LogP contribution in [0.15, 0.2) is 27.0 Å². The number of hydrogen-bond donors (Lipinski definition) is 1. The van der Waals surface area contributed by atoms with Crippen LogP contribution in [-0.2, 0) is 4.74 Å². The molecule has 2 aliphatic rings. The van der Waals surface area contributed by atoms with Gasteiger partial charge in [0.05, 0.1) is 4.75 Å². The Hall–Kier alpha value is -1.70. The molecule has 0 radical (unpaired) electrons. The van der Waals surface area contributed by atoms with Crippen molar-refractivity contribution in [3.63, 3.8) is 0 Å². The first-order valence-electron chi connectivity index (χ1n) is 7.18. The molecule has 3 rings (SSSR count). The van der Waals surface area contributed by atoms with Gasteiger partial charge in [-0.15, -0.1) is 11.8 Å². The van der Waals surface area contributed by atoms with E-state index in [1.807, 2.05) is 13.8 Å². The van der Waals surface area contributed by atoms with Gasteiger partial charge in [0.2, 0.25) is 0 Å². The van der Waals surface area contributed by atoms with Crippen molar-refractivity contribution in [2.45, 2.75) is 43.4 Å². The molecule has 0 bridgehead atoms. The SMILES string of the molecule is CC[C@@]1(N=[N+]=[N-])O[C@@H](n2ccc(=O)[nH]c2=O)[C@@]2(CCS2)[C@@H]1C. The summed E-state index contributed by atoms with van der Waals surface area (Å²) < 4.78 is 7.20. The first-order valence-corrected chi connectivity index (χ1v) is 8.17. The zero-order valence-electron chi connectivity index (χ0n) is 12.4. The molecule has 22 heavy (non-hydrogen) atoms. The predicted octanol–water partition coefficient (Wildman–Crippen LogP) is 1.99. The van der Waals surface area contributed by atoms with Gasteiger partial charge in [0.25, 0.3) is 5.56 Å². The van der Waals surface area contributed by atoms with Crippen molar-refractivity contribution in [1.29, 1.82) is 0 Å². The average Bonchev–Trinajstić information content (AvgIpc) is 2.69. The Morgan fingerprint density at radius 2 is 2.36 bits per heavy atom. The number of rotatable bonds is 3. The van der Waals surface area contributed by atoms with Gasteiger partial charge in [-0.05, 0) is 24.1 Å². The minimum atomic E-state index is -0.970. The van der Waals surface area contributed by atoms with Crippen LogP contribution in [0.25, 0.3) is 10.4 Å². The second-order valence-corrected chi connectivity index (χ2v) is 7.11. The lowest BCUT2D eigenvalue weighted by Crippen LogP contribution is -2.49. The highest BCUT2D eigenvalue weighted by atomic mass is 32.2. The van der Waals surface area contributed by atoms with Crippen LogP contribution < -0.4 is 11.2 Å². The van der Waals surface area contributed by atoms with E-state index < -0.39 is 23.2 Å². The van der Waals surface area contributed by atoms with Crippen LogP contribution in [0, 0.1) is 5.92 Å². The molecule has 0 amide bonds. The summed E-state index contributed by atoms with van der Waals surface area (Å²) in [5, 5.41) is 3.91. The summed E-state index contributed by atoms with van der Waals surface area (Å²) in [6, 6.07) is 1.30. The molecular formula is C13H17N5O3S. The van der Waals surface area contributed by atoms with E-state index in [1.54, 1.807) is 11.8 Å². The van der Waals surface area contributed by atoms with Crippen molar-refractivity contribution in [2.75, 3.05) is 5.75 Å². The highest BCUT2D eigenvalue weighted by molar-refractivity contribution is 8.02. The summed E-state index contributed by atoms with van der Waals surface area (Å²) in [5.74, 6) is 0.932. The molecule has 0 saturated carbocycles. The van der Waals surface area contributed by atoms with E-state index in [0.29, 0.717) is 6.42 Å². The number of thioether (sulfide) groups is 1. The molecule has 0 unspecified atom stereocenters. The van der Waals surface area contributed by atoms with Gasteiger partial charge >= 0.3 is 5.69 Å². The quantitative estimate of drug-likeness (QED) is 0.520. The normalized spacial score (nSPS) is 36.8. The Bertz CT molecular complexity index is 749. The highest BCUT2D eigenvalue weighted by Crippen LogP contribution is 2.63. The summed E-state index contributed by atoms with van der Waals surface area (Å²) in [5.41, 5.74) is 6.98. The van der Waals surface area contributed by atoms with Crippen LogP contribution in [0.4, 0.5) is 0 Å². The van der Waals surface area contributed by atoms with Crippen LogP contribution in [0.5, 0.6) is 0 Å². The van der Waals surface area contributed by atoms with Gasteiger partial charge < -0.3 is 4.74 Å². The first kappa shape index (κ1) is 15.2. The molecule has 0 aliphatic carbocycles. The maximum atomic E-state index is 12.1. The average molecular weight is 323 g/mol. The first-order chi connectivity index (χ1) is 10.5. The number of hydrogen-bond acceptors (Lipinski definition) is 5. The lowest BCUT2D eigenvalue weighted by molar-refractivity contribution is -0.0853. The summed E-state index contributed by atoms with van der Waals surface area (Å²) >= 11 is 1.72. The van der Waals surface area contributed by atoms with Gasteiger partial charge in [0.15, 0.2) is 12.0 Å². The molecule has 0 aromatic carbocycles. The molecule has 1 N–H and O–H groups in total. The Morgan fingerprint density at radius 1 is 1.64 bits per heavy atom. The van der Waals surface area contributed by atoms with Crippen LogP contribution >= 0.6 is 11.8 Å². The lowest BCUT2D eigenvalue weighted by Gasteiger charge is -2.45. The number of nitrogens with zero attached hydrogens (tertiary/aromatic N) is 4. The van der Waals surface area contributed by atoms with Crippen molar-refractivity contribution in [3.8, 4) is 0 Å². The van der Waals surface area contributed by atoms with Crippen molar-refractivity contribution >= 4 is 11.8 Å². The third-order valence-corrected chi connectivity index (χ3v) is 6.54. The number of aromatic nitrogens is 2. The molecule has 2 saturated heterocycles. The fraction of sp³-hybridized carbons (Fsp3) is 0.692. The number of H-pyrrole nitrogens is 1. The fourth-order valence-electron chi connectivity index (χ4n) is 3.42. The van der Waals surface area contributed by atoms with Gasteiger partial charge in [-0.25, -0.2) is 4.79 Å². The third kappa shape index (κ3) is 1.93. The van der Waals surface area contributed by atoms with Crippen molar-refractivity contribution < 1.29 is 4.74 Å². The van der Waals surface area contributed by atoms with Crippen molar-refractivity contribution in [1.82, 2.24) is 9.55 Å². The van der Waals surface area contributed by atoms with Gasteiger partial charge in [-0.1, -0.05) is 19.0 Å². The molecule has 118 valence electrons. The summed E-state index contributed by atoms with van der Waals surface area (Å²) in [7, 11) is 0. The van der Waals surface area contributed by atoms with Gasteiger partial charge in [0, 0.05) is 23.1 Å². The number of nitrogens with one attached hydrogen (secondary N) is 1. The van der Waals surface area contributed by atoms with Crippen molar-refractivity contribution in [2.24, 2.45) is 11.0 Å². The Labute approximate surface area is 130 Å². The largest absolute Gasteiger partial charge is 0.344 e. The zero-order chi connectivity index (χ0) is 16.0. The van der Waals surface area contributed by atoms with Crippen LogP contribution in [0.1, 0.15) is 32.9 Å². The van der Waals surface area contributed by atoms with Gasteiger partial charge in [-0.3, -0.25) is 14.3 Å². The molecule has 2 fully saturated rings. The van der Waals surface area contributed by atoms with Gasteiger partial charge in [0.1, 0.15) is 0 Å². The molecule has 1 aromatic rings. The Morgan fingerprint density at radius 3 is 2.86 bits per heavy atom. The molecule has 3 heterocycles. The number of ether oxygens (including phenoxy) is 1. The molecule has 2 aliphatic heterocycles. The molecule has 1 spiro atoms. The third-order valence-electron chi connectivity index (χ3n) is 4.83. The second-order valence-electron chi connectivity index (χ2n) is 5.65. The summed E-state index contributed by atoms with van der Waals surface area (Å²) in [6.07, 6.45) is 2.28. The maximum absolute atomic E-state index is 12.1. The van der Waals surface area contributed by atoms with E-state index in [-0.39, 0.29) is 10.7 Å². The van der Waals surface area contributed by atoms with E-state index in [1.165, 1.54) is 16.8 Å². The van der Waals surface area contributed by atoms with Crippen LogP contribution in [0.3, 0.4) is 0 Å². The van der Waals surface area contributed by atoms with E-state index in [0.717, 1.165) is 12.2 Å². The van der Waals surface area contributed by atoms with Gasteiger partial charge in [-0.2, -0.15) is 0 Å². The Balaban J connectivity index is 2.13. The smallest absolute Gasteiger partial charge is 0.330 e. The van der Waals surface area contributed by atoms with E-state index in [9.17, 15) is 9.59 Å². The van der Waals surface area contributed by atoms with Crippen LogP contribution in [0.2, 0.25) is 0 Å². The summed E-state index contributed by atoms with van der Waals surface area (Å²) in [6.45, 7) is 3.90. The molecule has 4 atom stereocenters. The topological polar surface area (TPSA) is 113 Å². The molecule has 9 heteroatoms. The predicted molar refractivity (Wildman–Crippen MR) is 82.6 cm³/mol. The minimum absolute atomic E-state index is 0.0384. The standard InChI is InChI=1S/C13H17N5O3S/c1-3-13(16-17-14)8(2)12(5-7-22-12)10(21-13)18-6-4-9(19)15-11(18)20/h4,6,8,10H,3,5,7H2,1-2H3,(H,15,19,20)/t8-,10+,12+,13+/m0/s1. The maximum Gasteiger partial charge on any atom is 0.330 e. The van der Waals surface area contributed by atoms with E-state index >= 15 is 0 Å². The second kappa shape index (κ2) is 5.19. The zero-order valence-corrected chi connectivity index (χ0v) is 13.2. The lowest BCUT2D eigenvalue weighted by atomic mass is 9.82. The highest BCUT2D eigenvalue weighted by Gasteiger charge is 2.64. The molecule has 8 nitrogen and oxygen atoms in total. The summed E-state index contributed by atoms with van der Waals surface area (Å²) in [4.78, 5) is 28.6. The van der Waals surface area contributed by atoms with E-state index in [4.69, 9.17) is 10.3 Å². The number of aromatic amines is 1. The van der Waals surface area contributed by atoms with E-state index in [2.05, 4.69) is 15.0 Å². The molecule has 1 aromatic heterocycles. The van der Waals surface area contributed by atoms with Crippen LogP contribution in [-0.4, -0.2) is 25.8 Å². The number of azide groups is 1. The molecular weight excluding hydrogens is 306 g/mol. The fourth-order valence-corrected chi connectivity index (χ4v) is 4.83. The Kier molecular flexibility index (Phi) is 3.58. The van der Waals surface area contributed by atoms with Crippen molar-refractivity contribution in [3.05, 3.63) is 43.5 Å². The minimum Gasteiger partial charge on any atom is -0.344 e. The monoisotopic (exact) mass is 323 g/mol.